The molecule has 11 aromatic rings. The van der Waals surface area contributed by atoms with Gasteiger partial charge < -0.3 is 9.80 Å². The molecule has 63 heavy (non-hydrogen) atoms. The Morgan fingerprint density at radius 2 is 0.873 bits per heavy atom. The third kappa shape index (κ3) is 5.45. The summed E-state index contributed by atoms with van der Waals surface area (Å²) in [6.45, 7) is 0. The molecule has 0 N–H and O–H groups in total. The summed E-state index contributed by atoms with van der Waals surface area (Å²) in [6, 6.07) is 85.1. The van der Waals surface area contributed by atoms with Crippen molar-refractivity contribution in [1.82, 2.24) is 0 Å². The van der Waals surface area contributed by atoms with Crippen molar-refractivity contribution in [1.29, 1.82) is 0 Å². The second-order valence-electron chi connectivity index (χ2n) is 16.4. The second-order valence-corrected chi connectivity index (χ2v) is 18.5. The minimum absolute atomic E-state index is 0.473. The Morgan fingerprint density at radius 3 is 1.56 bits per heavy atom. The zero-order chi connectivity index (χ0) is 41.5. The van der Waals surface area contributed by atoms with Crippen LogP contribution in [0.4, 0.5) is 34.1 Å². The molecule has 0 atom stereocenters. The number of thiophene rings is 1. The lowest BCUT2D eigenvalue weighted by Crippen LogP contribution is -2.32. The average molecular weight is 839 g/mol. The van der Waals surface area contributed by atoms with Gasteiger partial charge >= 0.3 is 0 Å². The molecule has 2 nitrogen and oxygen atoms in total. The molecule has 0 amide bonds. The summed E-state index contributed by atoms with van der Waals surface area (Å²) >= 11 is 3.78. The number of hydrogen-bond acceptors (Lipinski definition) is 4. The molecular weight excluding hydrogens is 801 g/mol. The highest BCUT2D eigenvalue weighted by molar-refractivity contribution is 7.99. The van der Waals surface area contributed by atoms with Crippen molar-refractivity contribution < 1.29 is 0 Å². The lowest BCUT2D eigenvalue weighted by molar-refractivity contribution is 0.722. The Hall–Kier alpha value is -7.37. The van der Waals surface area contributed by atoms with Gasteiger partial charge in [-0.2, -0.15) is 0 Å². The van der Waals surface area contributed by atoms with Gasteiger partial charge in [0, 0.05) is 53.7 Å². The number of benzene rings is 10. The SMILES string of the molecule is c1ccc(N(c2ccccc2)c2ccc3c(c2)sc2c(N(c4ccccc4)c4ccc5c(c4)C4(c6ccccc6Sc6ccccc64)c4ccccc4-5)cc4ccccc4c23)cc1. The van der Waals surface area contributed by atoms with Gasteiger partial charge in [-0.1, -0.05) is 163 Å². The van der Waals surface area contributed by atoms with Crippen LogP contribution in [0.25, 0.3) is 42.1 Å². The van der Waals surface area contributed by atoms with Crippen molar-refractivity contribution in [2.75, 3.05) is 9.80 Å². The second kappa shape index (κ2) is 14.4. The van der Waals surface area contributed by atoms with E-state index < -0.39 is 5.41 Å². The summed E-state index contributed by atoms with van der Waals surface area (Å²) in [5.41, 5.74) is 14.3. The van der Waals surface area contributed by atoms with Crippen LogP contribution in [-0.2, 0) is 5.41 Å². The summed E-state index contributed by atoms with van der Waals surface area (Å²) in [5.74, 6) is 0. The van der Waals surface area contributed by atoms with Gasteiger partial charge in [0.05, 0.1) is 15.8 Å². The third-order valence-electron chi connectivity index (χ3n) is 13.1. The maximum atomic E-state index is 2.51. The Balaban J connectivity index is 1.07. The first-order chi connectivity index (χ1) is 31.3. The minimum atomic E-state index is -0.473. The van der Waals surface area contributed by atoms with E-state index >= 15 is 0 Å². The zero-order valence-electron chi connectivity index (χ0n) is 34.2. The third-order valence-corrected chi connectivity index (χ3v) is 15.4. The smallest absolute Gasteiger partial charge is 0.0736 e. The van der Waals surface area contributed by atoms with E-state index in [1.54, 1.807) is 0 Å². The van der Waals surface area contributed by atoms with E-state index in [4.69, 9.17) is 0 Å². The fraction of sp³-hybridized carbons (Fsp3) is 0.0169. The van der Waals surface area contributed by atoms with Crippen LogP contribution in [-0.4, -0.2) is 0 Å². The molecule has 0 fully saturated rings. The number of rotatable bonds is 6. The Morgan fingerprint density at radius 1 is 0.349 bits per heavy atom. The topological polar surface area (TPSA) is 6.48 Å². The summed E-state index contributed by atoms with van der Waals surface area (Å²) in [6.07, 6.45) is 0. The summed E-state index contributed by atoms with van der Waals surface area (Å²) < 4.78 is 2.51. The van der Waals surface area contributed by atoms with Crippen molar-refractivity contribution in [3.63, 3.8) is 0 Å². The van der Waals surface area contributed by atoms with E-state index in [0.717, 1.165) is 28.4 Å². The van der Waals surface area contributed by atoms with Gasteiger partial charge in [0.1, 0.15) is 0 Å². The van der Waals surface area contributed by atoms with E-state index in [9.17, 15) is 0 Å². The molecule has 0 saturated carbocycles. The lowest BCUT2D eigenvalue weighted by Gasteiger charge is -2.40. The van der Waals surface area contributed by atoms with Gasteiger partial charge in [0.2, 0.25) is 0 Å². The van der Waals surface area contributed by atoms with Gasteiger partial charge in [-0.05, 0) is 123 Å². The predicted octanol–water partition coefficient (Wildman–Crippen LogP) is 17.0. The molecule has 1 spiro atoms. The number of fused-ring (bicyclic) bond motifs is 14. The fourth-order valence-corrected chi connectivity index (χ4v) is 12.9. The van der Waals surface area contributed by atoms with E-state index in [0.29, 0.717) is 0 Å². The van der Waals surface area contributed by atoms with Gasteiger partial charge in [-0.3, -0.25) is 0 Å². The minimum Gasteiger partial charge on any atom is -0.310 e. The van der Waals surface area contributed by atoms with Gasteiger partial charge in [0.25, 0.3) is 0 Å². The highest BCUT2D eigenvalue weighted by Gasteiger charge is 2.50. The lowest BCUT2D eigenvalue weighted by atomic mass is 9.67. The number of anilines is 6. The molecule has 0 unspecified atom stereocenters. The van der Waals surface area contributed by atoms with Crippen LogP contribution in [0.2, 0.25) is 0 Å². The quantitative estimate of drug-likeness (QED) is 0.165. The zero-order valence-corrected chi connectivity index (χ0v) is 35.8. The largest absolute Gasteiger partial charge is 0.310 e. The first-order valence-electron chi connectivity index (χ1n) is 21.5. The van der Waals surface area contributed by atoms with Gasteiger partial charge in [0.15, 0.2) is 0 Å². The molecule has 296 valence electrons. The van der Waals surface area contributed by atoms with E-state index in [1.165, 1.54) is 79.8 Å². The van der Waals surface area contributed by atoms with Crippen LogP contribution in [0, 0.1) is 0 Å². The van der Waals surface area contributed by atoms with Crippen molar-refractivity contribution in [3.8, 4) is 11.1 Å². The molecule has 13 rings (SSSR count). The van der Waals surface area contributed by atoms with E-state index in [2.05, 4.69) is 240 Å². The van der Waals surface area contributed by atoms with Crippen molar-refractivity contribution >= 4 is 88.2 Å². The maximum absolute atomic E-state index is 2.51. The van der Waals surface area contributed by atoms with Crippen LogP contribution < -0.4 is 9.80 Å². The summed E-state index contributed by atoms with van der Waals surface area (Å²) in [7, 11) is 0. The Labute approximate surface area is 375 Å². The van der Waals surface area contributed by atoms with Gasteiger partial charge in [-0.25, -0.2) is 0 Å². The molecule has 4 heteroatoms. The van der Waals surface area contributed by atoms with Crippen LogP contribution in [0.15, 0.2) is 240 Å². The molecule has 1 aliphatic carbocycles. The summed E-state index contributed by atoms with van der Waals surface area (Å²) in [5, 5.41) is 5.04. The average Bonchev–Trinajstić information content (AvgIpc) is 3.87. The molecule has 0 radical (unpaired) electrons. The molecule has 1 aliphatic heterocycles. The Bertz CT molecular complexity index is 3480. The van der Waals surface area contributed by atoms with Crippen molar-refractivity contribution in [3.05, 3.63) is 253 Å². The van der Waals surface area contributed by atoms with Crippen LogP contribution >= 0.6 is 23.1 Å². The number of para-hydroxylation sites is 3. The first kappa shape index (κ1) is 36.3. The maximum Gasteiger partial charge on any atom is 0.0736 e. The van der Waals surface area contributed by atoms with E-state index in [-0.39, 0.29) is 0 Å². The standard InChI is InChI=1S/C59H38N2S2/c1-4-19-40(20-5-1)60(41-21-6-2-7-22-41)44-33-35-48-56(38-44)63-58-53(36-39-18-10-11-25-45(39)57(48)58)61(42-23-8-3-9-24-42)43-32-34-47-46-26-12-13-27-49(46)59(52(47)37-43)50-28-14-16-30-54(50)62-55-31-17-15-29-51(55)59/h1-38H. The molecule has 0 saturated heterocycles. The van der Waals surface area contributed by atoms with Crippen LogP contribution in [0.1, 0.15) is 22.3 Å². The van der Waals surface area contributed by atoms with E-state index in [1.807, 2.05) is 23.1 Å². The Kier molecular flexibility index (Phi) is 8.27. The van der Waals surface area contributed by atoms with Gasteiger partial charge in [-0.15, -0.1) is 11.3 Å². The van der Waals surface area contributed by atoms with Crippen molar-refractivity contribution in [2.24, 2.45) is 0 Å². The predicted molar refractivity (Wildman–Crippen MR) is 268 cm³/mol. The monoisotopic (exact) mass is 838 g/mol. The summed E-state index contributed by atoms with van der Waals surface area (Å²) in [4.78, 5) is 7.49. The normalized spacial score (nSPS) is 13.1. The highest BCUT2D eigenvalue weighted by Crippen LogP contribution is 2.63. The number of nitrogens with zero attached hydrogens (tertiary/aromatic N) is 2. The molecular formula is C59H38N2S2. The molecule has 1 aromatic heterocycles. The van der Waals surface area contributed by atoms with Crippen LogP contribution in [0.5, 0.6) is 0 Å². The molecule has 10 aromatic carbocycles. The number of hydrogen-bond donors (Lipinski definition) is 0. The van der Waals surface area contributed by atoms with Crippen LogP contribution in [0.3, 0.4) is 0 Å². The highest BCUT2D eigenvalue weighted by atomic mass is 32.2. The van der Waals surface area contributed by atoms with Crippen molar-refractivity contribution in [2.45, 2.75) is 15.2 Å². The fourth-order valence-electron chi connectivity index (χ4n) is 10.5. The molecule has 2 heterocycles. The molecule has 0 bridgehead atoms. The molecule has 2 aliphatic rings. The first-order valence-corrected chi connectivity index (χ1v) is 23.1.